The average molecular weight is 688 g/mol. The van der Waals surface area contributed by atoms with E-state index in [1.54, 1.807) is 0 Å². The fourth-order valence-corrected chi connectivity index (χ4v) is 9.93. The summed E-state index contributed by atoms with van der Waals surface area (Å²) in [5, 5.41) is 6.21. The summed E-state index contributed by atoms with van der Waals surface area (Å²) in [5.41, 5.74) is 18.4. The lowest BCUT2D eigenvalue weighted by Gasteiger charge is -2.30. The third-order valence-corrected chi connectivity index (χ3v) is 12.1. The second-order valence-electron chi connectivity index (χ2n) is 14.7. The normalized spacial score (nSPS) is 16.9. The van der Waals surface area contributed by atoms with Crippen LogP contribution in [-0.2, 0) is 5.41 Å². The molecule has 1 aromatic heterocycles. The van der Waals surface area contributed by atoms with E-state index in [-0.39, 0.29) is 11.5 Å². The number of benzene rings is 7. The minimum atomic E-state index is -0.369. The molecule has 3 nitrogen and oxygen atoms in total. The van der Waals surface area contributed by atoms with E-state index in [0.717, 1.165) is 28.3 Å². The first-order chi connectivity index (χ1) is 26.8. The third kappa shape index (κ3) is 3.83. The third-order valence-electron chi connectivity index (χ3n) is 12.1. The molecule has 4 aliphatic rings. The van der Waals surface area contributed by atoms with Crippen LogP contribution in [0.5, 0.6) is 0 Å². The first kappa shape index (κ1) is 29.6. The molecule has 0 amide bonds. The maximum absolute atomic E-state index is 5.37. The Morgan fingerprint density at radius 2 is 1.13 bits per heavy atom. The molecule has 54 heavy (non-hydrogen) atoms. The number of allylic oxidation sites excluding steroid dienone is 2. The van der Waals surface area contributed by atoms with Crippen molar-refractivity contribution in [2.24, 2.45) is 4.99 Å². The van der Waals surface area contributed by atoms with Crippen LogP contribution in [0.25, 0.3) is 60.9 Å². The van der Waals surface area contributed by atoms with Gasteiger partial charge in [-0.25, -0.2) is 4.99 Å². The van der Waals surface area contributed by atoms with Crippen molar-refractivity contribution >= 4 is 33.5 Å². The largest absolute Gasteiger partial charge is 0.345 e. The number of aliphatic imine (C=N–C) groups is 1. The number of nitrogens with one attached hydrogen (secondary N) is 1. The highest BCUT2D eigenvalue weighted by Gasteiger charge is 2.52. The Balaban J connectivity index is 1.09. The highest BCUT2D eigenvalue weighted by atomic mass is 15.2. The molecule has 3 aliphatic carbocycles. The standard InChI is InChI=1S/C51H33N3/c1-2-15-32(16-3-1)49-39-21-7-12-27-45(39)52-50(53-49)54-46-28-13-8-19-37(46)40-31-33(29-30-47(40)54)34-22-14-26-44-48(34)38-20-6-11-25-43(38)51(44)41-23-9-4-17-35(41)36-18-5-10-24-42(36)51/h1-31,45H,(H,52,53). The summed E-state index contributed by atoms with van der Waals surface area (Å²) >= 11 is 0. The summed E-state index contributed by atoms with van der Waals surface area (Å²) in [6.45, 7) is 0. The van der Waals surface area contributed by atoms with E-state index in [4.69, 9.17) is 4.99 Å². The number of hydrogen-bond donors (Lipinski definition) is 1. The van der Waals surface area contributed by atoms with E-state index >= 15 is 0 Å². The highest BCUT2D eigenvalue weighted by molar-refractivity contribution is 6.16. The molecule has 0 radical (unpaired) electrons. The lowest BCUT2D eigenvalue weighted by molar-refractivity contribution is 0.794. The molecule has 8 aromatic rings. The van der Waals surface area contributed by atoms with Crippen LogP contribution in [0.15, 0.2) is 199 Å². The summed E-state index contributed by atoms with van der Waals surface area (Å²) < 4.78 is 2.31. The van der Waals surface area contributed by atoms with E-state index in [1.807, 2.05) is 0 Å². The van der Waals surface area contributed by atoms with Gasteiger partial charge in [0.25, 0.3) is 0 Å². The van der Waals surface area contributed by atoms with Gasteiger partial charge in [0.1, 0.15) is 0 Å². The van der Waals surface area contributed by atoms with Crippen LogP contribution in [-0.4, -0.2) is 16.6 Å². The van der Waals surface area contributed by atoms with Crippen molar-refractivity contribution in [2.45, 2.75) is 11.5 Å². The van der Waals surface area contributed by atoms with Gasteiger partial charge >= 0.3 is 0 Å². The Labute approximate surface area is 313 Å². The van der Waals surface area contributed by atoms with E-state index < -0.39 is 0 Å². The zero-order chi connectivity index (χ0) is 35.4. The molecule has 1 unspecified atom stereocenters. The van der Waals surface area contributed by atoms with Gasteiger partial charge in [0.2, 0.25) is 5.96 Å². The smallest absolute Gasteiger partial charge is 0.209 e. The minimum Gasteiger partial charge on any atom is -0.345 e. The van der Waals surface area contributed by atoms with Crippen LogP contribution in [0.4, 0.5) is 0 Å². The summed E-state index contributed by atoms with van der Waals surface area (Å²) in [6, 6.07) is 60.4. The molecule has 12 rings (SSSR count). The molecule has 0 fully saturated rings. The maximum Gasteiger partial charge on any atom is 0.209 e. The molecule has 7 aromatic carbocycles. The molecule has 0 bridgehead atoms. The fourth-order valence-electron chi connectivity index (χ4n) is 9.93. The minimum absolute atomic E-state index is 0.0262. The van der Waals surface area contributed by atoms with Crippen molar-refractivity contribution in [1.29, 1.82) is 0 Å². The molecule has 252 valence electrons. The van der Waals surface area contributed by atoms with E-state index in [0.29, 0.717) is 0 Å². The Hall–Kier alpha value is -6.97. The molecular formula is C51H33N3. The molecule has 0 saturated carbocycles. The van der Waals surface area contributed by atoms with Gasteiger partial charge in [0.05, 0.1) is 28.2 Å². The number of para-hydroxylation sites is 1. The van der Waals surface area contributed by atoms with E-state index in [2.05, 4.69) is 198 Å². The van der Waals surface area contributed by atoms with Gasteiger partial charge in [-0.15, -0.1) is 0 Å². The molecule has 0 saturated heterocycles. The van der Waals surface area contributed by atoms with Crippen LogP contribution < -0.4 is 5.32 Å². The van der Waals surface area contributed by atoms with Crippen molar-refractivity contribution < 1.29 is 0 Å². The molecule has 1 spiro atoms. The fraction of sp³-hybridized carbons (Fsp3) is 0.0392. The maximum atomic E-state index is 5.37. The Kier molecular flexibility index (Phi) is 6.04. The van der Waals surface area contributed by atoms with Gasteiger partial charge in [-0.1, -0.05) is 170 Å². The van der Waals surface area contributed by atoms with E-state index in [9.17, 15) is 0 Å². The second kappa shape index (κ2) is 11.0. The molecule has 2 heterocycles. The summed E-state index contributed by atoms with van der Waals surface area (Å²) in [6.07, 6.45) is 8.63. The molecular weight excluding hydrogens is 655 g/mol. The van der Waals surface area contributed by atoms with Gasteiger partial charge < -0.3 is 5.32 Å². The average Bonchev–Trinajstić information content (AvgIpc) is 3.85. The van der Waals surface area contributed by atoms with Gasteiger partial charge in [0, 0.05) is 21.9 Å². The second-order valence-corrected chi connectivity index (χ2v) is 14.7. The number of fused-ring (bicyclic) bond motifs is 14. The van der Waals surface area contributed by atoms with E-state index in [1.165, 1.54) is 72.0 Å². The Morgan fingerprint density at radius 3 is 1.93 bits per heavy atom. The zero-order valence-electron chi connectivity index (χ0n) is 29.4. The number of nitrogens with zero attached hydrogens (tertiary/aromatic N) is 2. The topological polar surface area (TPSA) is 29.3 Å². The van der Waals surface area contributed by atoms with Crippen molar-refractivity contribution in [1.82, 2.24) is 9.88 Å². The lowest BCUT2D eigenvalue weighted by Crippen LogP contribution is -2.42. The molecule has 1 atom stereocenters. The number of hydrogen-bond acceptors (Lipinski definition) is 2. The lowest BCUT2D eigenvalue weighted by atomic mass is 9.70. The van der Waals surface area contributed by atoms with Crippen LogP contribution in [0.1, 0.15) is 27.8 Å². The van der Waals surface area contributed by atoms with Crippen molar-refractivity contribution in [3.63, 3.8) is 0 Å². The molecule has 3 heteroatoms. The van der Waals surface area contributed by atoms with Gasteiger partial charge in [-0.2, -0.15) is 0 Å². The van der Waals surface area contributed by atoms with Crippen LogP contribution in [0.3, 0.4) is 0 Å². The summed E-state index contributed by atoms with van der Waals surface area (Å²) in [4.78, 5) is 5.37. The van der Waals surface area contributed by atoms with Crippen LogP contribution >= 0.6 is 0 Å². The van der Waals surface area contributed by atoms with Crippen molar-refractivity contribution in [3.05, 3.63) is 221 Å². The van der Waals surface area contributed by atoms with Gasteiger partial charge in [-0.05, 0) is 73.8 Å². The Morgan fingerprint density at radius 1 is 0.500 bits per heavy atom. The summed E-state index contributed by atoms with van der Waals surface area (Å²) in [5.74, 6) is 0.830. The highest BCUT2D eigenvalue weighted by Crippen LogP contribution is 2.64. The monoisotopic (exact) mass is 687 g/mol. The summed E-state index contributed by atoms with van der Waals surface area (Å²) in [7, 11) is 0. The first-order valence-electron chi connectivity index (χ1n) is 18.8. The van der Waals surface area contributed by atoms with Crippen molar-refractivity contribution in [3.8, 4) is 33.4 Å². The first-order valence-corrected chi connectivity index (χ1v) is 18.8. The predicted molar refractivity (Wildman–Crippen MR) is 223 cm³/mol. The van der Waals surface area contributed by atoms with Crippen LogP contribution in [0, 0.1) is 0 Å². The molecule has 1 N–H and O–H groups in total. The van der Waals surface area contributed by atoms with Gasteiger partial charge in [0.15, 0.2) is 0 Å². The van der Waals surface area contributed by atoms with Crippen LogP contribution in [0.2, 0.25) is 0 Å². The van der Waals surface area contributed by atoms with Gasteiger partial charge in [-0.3, -0.25) is 4.57 Å². The zero-order valence-corrected chi connectivity index (χ0v) is 29.4. The number of rotatable bonds is 2. The quantitative estimate of drug-likeness (QED) is 0.193. The Bertz CT molecular complexity index is 2980. The number of aromatic nitrogens is 1. The SMILES string of the molecule is C1=CC2=C(c3ccccc3)N=C(n3c4ccccc4c4cc(-c5cccc6c5-c5ccccc5C65c6ccccc6-c6ccccc65)ccc43)NC2C=C1. The predicted octanol–water partition coefficient (Wildman–Crippen LogP) is 11.5. The van der Waals surface area contributed by atoms with Crippen molar-refractivity contribution in [2.75, 3.05) is 0 Å². The molecule has 1 aliphatic heterocycles.